The zero-order valence-corrected chi connectivity index (χ0v) is 16.6. The van der Waals surface area contributed by atoms with Crippen LogP contribution in [0.1, 0.15) is 20.8 Å². The van der Waals surface area contributed by atoms with Gasteiger partial charge in [-0.25, -0.2) is 4.39 Å². The Morgan fingerprint density at radius 1 is 1.00 bits per heavy atom. The van der Waals surface area contributed by atoms with Crippen molar-refractivity contribution in [3.8, 4) is 0 Å². The van der Waals surface area contributed by atoms with E-state index in [9.17, 15) is 18.8 Å². The van der Waals surface area contributed by atoms with Gasteiger partial charge in [0.1, 0.15) is 12.7 Å². The molecule has 0 aromatic carbocycles. The molecule has 1 saturated heterocycles. The molecule has 27 heavy (non-hydrogen) atoms. The number of ether oxygens (including phenoxy) is 5. The van der Waals surface area contributed by atoms with Gasteiger partial charge in [0.25, 0.3) is 3.79 Å². The molecule has 1 aliphatic rings. The average molecular weight is 453 g/mol. The quantitative estimate of drug-likeness (QED) is 0.220. The number of carbonyl (C=O) groups excluding carboxylic acids is 3. The van der Waals surface area contributed by atoms with Gasteiger partial charge in [-0.15, -0.1) is 0 Å². The van der Waals surface area contributed by atoms with Crippen LogP contribution in [-0.2, 0) is 38.1 Å². The fourth-order valence-electron chi connectivity index (χ4n) is 2.13. The Balaban J connectivity index is 3.13. The number of hydrogen-bond acceptors (Lipinski definition) is 9. The first kappa shape index (κ1) is 23.7. The summed E-state index contributed by atoms with van der Waals surface area (Å²) in [4.78, 5) is 33.6. The minimum absolute atomic E-state index is 0.512. The van der Waals surface area contributed by atoms with Crippen molar-refractivity contribution in [2.24, 2.45) is 0 Å². The van der Waals surface area contributed by atoms with E-state index in [0.29, 0.717) is 0 Å². The second kappa shape index (κ2) is 9.72. The minimum atomic E-state index is -2.30. The maximum Gasteiger partial charge on any atom is 0.303 e. The van der Waals surface area contributed by atoms with Crippen LogP contribution in [0, 0.1) is 5.41 Å². The molecule has 1 rings (SSSR count). The Bertz CT molecular complexity index is 597. The highest BCUT2D eigenvalue weighted by atomic mass is 35.6. The summed E-state index contributed by atoms with van der Waals surface area (Å²) in [6.07, 6.45) is -8.58. The number of halogens is 4. The van der Waals surface area contributed by atoms with E-state index in [0.717, 1.165) is 20.8 Å². The van der Waals surface area contributed by atoms with Gasteiger partial charge in [-0.2, -0.15) is 0 Å². The SMILES string of the molecule is CC(=O)OCC1O[C@H](OC(=N)C(Cl)(Cl)Cl)C(OC(C)=O)C(F)[C@H]1OC(C)=O. The summed E-state index contributed by atoms with van der Waals surface area (Å²) in [6.45, 7) is 2.61. The lowest BCUT2D eigenvalue weighted by atomic mass is 10.00. The van der Waals surface area contributed by atoms with Crippen LogP contribution in [0.2, 0.25) is 0 Å². The van der Waals surface area contributed by atoms with Gasteiger partial charge < -0.3 is 23.7 Å². The lowest BCUT2D eigenvalue weighted by molar-refractivity contribution is -0.278. The molecule has 0 aromatic heterocycles. The summed E-state index contributed by atoms with van der Waals surface area (Å²) in [6, 6.07) is 0. The third-order valence-electron chi connectivity index (χ3n) is 3.12. The summed E-state index contributed by atoms with van der Waals surface area (Å²) < 4.78 is 37.5. The van der Waals surface area contributed by atoms with Gasteiger partial charge in [0.2, 0.25) is 12.2 Å². The molecule has 1 N–H and O–H groups in total. The van der Waals surface area contributed by atoms with Gasteiger partial charge in [-0.1, -0.05) is 34.8 Å². The molecule has 1 fully saturated rings. The highest BCUT2D eigenvalue weighted by Crippen LogP contribution is 2.33. The standard InChI is InChI=1S/C14H17Cl3FNO8/c1-5(20)23-4-8-10(24-6(2)21)9(18)11(25-7(3)22)12(26-8)27-13(19)14(15,16)17/h8-12,19H,4H2,1-3H3/t8?,9?,10-,11?,12+/m0/s1. The van der Waals surface area contributed by atoms with Crippen molar-refractivity contribution >= 4 is 58.6 Å². The highest BCUT2D eigenvalue weighted by molar-refractivity contribution is 6.76. The van der Waals surface area contributed by atoms with Crippen LogP contribution < -0.4 is 0 Å². The summed E-state index contributed by atoms with van der Waals surface area (Å²) in [5.41, 5.74) is 0. The van der Waals surface area contributed by atoms with Crippen molar-refractivity contribution in [1.82, 2.24) is 0 Å². The molecule has 0 amide bonds. The van der Waals surface area contributed by atoms with Crippen molar-refractivity contribution in [3.05, 3.63) is 0 Å². The van der Waals surface area contributed by atoms with Crippen molar-refractivity contribution in [2.75, 3.05) is 6.61 Å². The summed E-state index contributed by atoms with van der Waals surface area (Å²) >= 11 is 16.5. The molecular formula is C14H17Cl3FNO8. The number of alkyl halides is 4. The monoisotopic (exact) mass is 451 g/mol. The fraction of sp³-hybridized carbons (Fsp3) is 0.714. The number of carbonyl (C=O) groups is 3. The Kier molecular flexibility index (Phi) is 8.52. The van der Waals surface area contributed by atoms with Crippen LogP contribution in [-0.4, -0.2) is 65.0 Å². The second-order valence-electron chi connectivity index (χ2n) is 5.38. The largest absolute Gasteiger partial charge is 0.463 e. The van der Waals surface area contributed by atoms with E-state index in [1.165, 1.54) is 0 Å². The summed E-state index contributed by atoms with van der Waals surface area (Å²) in [7, 11) is 0. The zero-order chi connectivity index (χ0) is 20.9. The molecule has 9 nitrogen and oxygen atoms in total. The fourth-order valence-corrected chi connectivity index (χ4v) is 2.26. The molecule has 154 valence electrons. The number of hydrogen-bond donors (Lipinski definition) is 1. The molecule has 0 aliphatic carbocycles. The van der Waals surface area contributed by atoms with Crippen molar-refractivity contribution in [1.29, 1.82) is 5.41 Å². The Morgan fingerprint density at radius 3 is 1.96 bits per heavy atom. The van der Waals surface area contributed by atoms with E-state index in [1.807, 2.05) is 0 Å². The second-order valence-corrected chi connectivity index (χ2v) is 7.66. The molecule has 1 heterocycles. The van der Waals surface area contributed by atoms with E-state index < -0.39 is 65.0 Å². The molecule has 1 aliphatic heterocycles. The number of rotatable bonds is 5. The molecule has 13 heteroatoms. The maximum atomic E-state index is 15.0. The van der Waals surface area contributed by atoms with Crippen molar-refractivity contribution < 1.29 is 42.5 Å². The topological polar surface area (TPSA) is 121 Å². The number of esters is 3. The lowest BCUT2D eigenvalue weighted by Crippen LogP contribution is -2.60. The minimum Gasteiger partial charge on any atom is -0.463 e. The van der Waals surface area contributed by atoms with E-state index in [1.54, 1.807) is 0 Å². The zero-order valence-electron chi connectivity index (χ0n) is 14.4. The maximum absolute atomic E-state index is 15.0. The van der Waals surface area contributed by atoms with Crippen molar-refractivity contribution in [3.63, 3.8) is 0 Å². The molecule has 0 saturated carbocycles. The first-order valence-electron chi connectivity index (χ1n) is 7.42. The smallest absolute Gasteiger partial charge is 0.303 e. The summed E-state index contributed by atoms with van der Waals surface area (Å²) in [5.74, 6) is -3.39. The predicted molar refractivity (Wildman–Crippen MR) is 90.4 cm³/mol. The predicted octanol–water partition coefficient (Wildman–Crippen LogP) is 1.84. The van der Waals surface area contributed by atoms with Gasteiger partial charge in [0.05, 0.1) is 0 Å². The van der Waals surface area contributed by atoms with Crippen molar-refractivity contribution in [2.45, 2.75) is 55.3 Å². The van der Waals surface area contributed by atoms with Crippen LogP contribution in [0.3, 0.4) is 0 Å². The Morgan fingerprint density at radius 2 is 1.52 bits per heavy atom. The first-order chi connectivity index (χ1) is 12.3. The Labute approximate surface area is 168 Å². The van der Waals surface area contributed by atoms with Crippen LogP contribution in [0.15, 0.2) is 0 Å². The van der Waals surface area contributed by atoms with Crippen LogP contribution in [0.25, 0.3) is 0 Å². The van der Waals surface area contributed by atoms with Gasteiger partial charge in [0.15, 0.2) is 18.4 Å². The molecule has 5 atom stereocenters. The molecule has 0 bridgehead atoms. The van der Waals surface area contributed by atoms with E-state index >= 15 is 0 Å². The van der Waals surface area contributed by atoms with Crippen LogP contribution in [0.5, 0.6) is 0 Å². The molecule has 0 radical (unpaired) electrons. The first-order valence-corrected chi connectivity index (χ1v) is 8.56. The van der Waals surface area contributed by atoms with Gasteiger partial charge in [0, 0.05) is 20.8 Å². The molecule has 0 aromatic rings. The molecule has 3 unspecified atom stereocenters. The molecular weight excluding hydrogens is 436 g/mol. The number of nitrogens with one attached hydrogen (secondary N) is 1. The van der Waals surface area contributed by atoms with E-state index in [4.69, 9.17) is 63.9 Å². The van der Waals surface area contributed by atoms with E-state index in [2.05, 4.69) is 0 Å². The highest BCUT2D eigenvalue weighted by Gasteiger charge is 2.52. The van der Waals surface area contributed by atoms with Gasteiger partial charge in [-0.3, -0.25) is 19.8 Å². The average Bonchev–Trinajstić information content (AvgIpc) is 2.50. The molecule has 0 spiro atoms. The normalized spacial score (nSPS) is 28.0. The van der Waals surface area contributed by atoms with Gasteiger partial charge >= 0.3 is 17.9 Å². The summed E-state index contributed by atoms with van der Waals surface area (Å²) in [5, 5.41) is 7.58. The van der Waals surface area contributed by atoms with Crippen LogP contribution in [0.4, 0.5) is 4.39 Å². The van der Waals surface area contributed by atoms with E-state index in [-0.39, 0.29) is 0 Å². The Hall–Kier alpha value is -1.36. The third-order valence-corrected chi connectivity index (χ3v) is 3.63. The lowest BCUT2D eigenvalue weighted by Gasteiger charge is -2.41. The van der Waals surface area contributed by atoms with Crippen LogP contribution >= 0.6 is 34.8 Å². The third kappa shape index (κ3) is 7.28. The van der Waals surface area contributed by atoms with Gasteiger partial charge in [-0.05, 0) is 0 Å².